The molecule has 5 heteroatoms. The molecule has 0 radical (unpaired) electrons. The van der Waals surface area contributed by atoms with Crippen LogP contribution in [0.5, 0.6) is 0 Å². The van der Waals surface area contributed by atoms with Gasteiger partial charge in [-0.05, 0) is 50.7 Å². The fourth-order valence-corrected chi connectivity index (χ4v) is 4.17. The molecule has 1 aliphatic heterocycles. The smallest absolute Gasteiger partial charge is 0.255 e. The molecule has 1 atom stereocenters. The maximum Gasteiger partial charge on any atom is 0.255 e. The summed E-state index contributed by atoms with van der Waals surface area (Å²) in [6, 6.07) is 4.22. The average molecular weight is 298 g/mol. The van der Waals surface area contributed by atoms with Gasteiger partial charge in [-0.25, -0.2) is 0 Å². The molecule has 5 nitrogen and oxygen atoms in total. The van der Waals surface area contributed by atoms with Crippen molar-refractivity contribution in [2.75, 3.05) is 6.54 Å². The lowest BCUT2D eigenvalue weighted by atomic mass is 9.95. The SMILES string of the molecule is Cc1nnc2ccc(C(=O)N3CCC[C@@H]3C3CCCC3)cn12. The highest BCUT2D eigenvalue weighted by Gasteiger charge is 2.36. The second-order valence-corrected chi connectivity index (χ2v) is 6.65. The van der Waals surface area contributed by atoms with Crippen LogP contribution in [0.1, 0.15) is 54.7 Å². The normalized spacial score (nSPS) is 22.8. The molecule has 0 spiro atoms. The van der Waals surface area contributed by atoms with E-state index in [0.29, 0.717) is 12.0 Å². The summed E-state index contributed by atoms with van der Waals surface area (Å²) in [6.45, 7) is 2.81. The van der Waals surface area contributed by atoms with Gasteiger partial charge in [0.1, 0.15) is 5.82 Å². The molecule has 2 aromatic heterocycles. The first-order valence-electron chi connectivity index (χ1n) is 8.36. The maximum atomic E-state index is 13.0. The van der Waals surface area contributed by atoms with Crippen LogP contribution in [0.3, 0.4) is 0 Å². The second kappa shape index (κ2) is 5.38. The maximum absolute atomic E-state index is 13.0. The number of hydrogen-bond donors (Lipinski definition) is 0. The van der Waals surface area contributed by atoms with E-state index in [2.05, 4.69) is 15.1 Å². The van der Waals surface area contributed by atoms with E-state index in [1.165, 1.54) is 32.1 Å². The van der Waals surface area contributed by atoms with Crippen LogP contribution in [0.25, 0.3) is 5.65 Å². The predicted molar refractivity (Wildman–Crippen MR) is 83.7 cm³/mol. The lowest BCUT2D eigenvalue weighted by Gasteiger charge is -2.29. The number of carbonyl (C=O) groups excluding carboxylic acids is 1. The quantitative estimate of drug-likeness (QED) is 0.856. The second-order valence-electron chi connectivity index (χ2n) is 6.65. The van der Waals surface area contributed by atoms with Crippen LogP contribution in [0, 0.1) is 12.8 Å². The number of aromatic nitrogens is 3. The molecular formula is C17H22N4O. The zero-order valence-corrected chi connectivity index (χ0v) is 13.0. The molecule has 0 aromatic carbocycles. The summed E-state index contributed by atoms with van der Waals surface area (Å²) in [5.74, 6) is 1.70. The minimum absolute atomic E-state index is 0.171. The number of rotatable bonds is 2. The predicted octanol–water partition coefficient (Wildman–Crippen LogP) is 2.83. The fourth-order valence-electron chi connectivity index (χ4n) is 4.17. The van der Waals surface area contributed by atoms with Gasteiger partial charge in [0.05, 0.1) is 5.56 Å². The van der Waals surface area contributed by atoms with Crippen molar-refractivity contribution in [2.24, 2.45) is 5.92 Å². The van der Waals surface area contributed by atoms with Gasteiger partial charge in [-0.15, -0.1) is 10.2 Å². The fraction of sp³-hybridized carbons (Fsp3) is 0.588. The summed E-state index contributed by atoms with van der Waals surface area (Å²) >= 11 is 0. The van der Waals surface area contributed by atoms with Crippen molar-refractivity contribution in [3.05, 3.63) is 29.7 Å². The Morgan fingerprint density at radius 2 is 1.95 bits per heavy atom. The first-order valence-corrected chi connectivity index (χ1v) is 8.36. The van der Waals surface area contributed by atoms with Crippen molar-refractivity contribution >= 4 is 11.6 Å². The Hall–Kier alpha value is -1.91. The summed E-state index contributed by atoms with van der Waals surface area (Å²) in [4.78, 5) is 15.1. The Morgan fingerprint density at radius 3 is 2.77 bits per heavy atom. The Labute approximate surface area is 130 Å². The van der Waals surface area contributed by atoms with Gasteiger partial charge in [-0.1, -0.05) is 12.8 Å². The molecule has 1 amide bonds. The topological polar surface area (TPSA) is 50.5 Å². The molecule has 2 aromatic rings. The molecule has 1 saturated heterocycles. The molecule has 4 rings (SSSR count). The van der Waals surface area contributed by atoms with E-state index < -0.39 is 0 Å². The Morgan fingerprint density at radius 1 is 1.14 bits per heavy atom. The minimum atomic E-state index is 0.171. The molecule has 3 heterocycles. The third-order valence-corrected chi connectivity index (χ3v) is 5.32. The van der Waals surface area contributed by atoms with E-state index in [4.69, 9.17) is 0 Å². The number of likely N-dealkylation sites (tertiary alicyclic amines) is 1. The zero-order chi connectivity index (χ0) is 15.1. The van der Waals surface area contributed by atoms with Crippen molar-refractivity contribution in [3.8, 4) is 0 Å². The van der Waals surface area contributed by atoms with Gasteiger partial charge in [0, 0.05) is 18.8 Å². The van der Waals surface area contributed by atoms with E-state index >= 15 is 0 Å². The van der Waals surface area contributed by atoms with Crippen LogP contribution in [0.2, 0.25) is 0 Å². The van der Waals surface area contributed by atoms with Crippen molar-refractivity contribution in [1.29, 1.82) is 0 Å². The number of aryl methyl sites for hydroxylation is 1. The summed E-state index contributed by atoms with van der Waals surface area (Å²) in [7, 11) is 0. The number of nitrogens with zero attached hydrogens (tertiary/aromatic N) is 4. The molecule has 116 valence electrons. The monoisotopic (exact) mass is 298 g/mol. The molecule has 1 aliphatic carbocycles. The lowest BCUT2D eigenvalue weighted by Crippen LogP contribution is -2.39. The van der Waals surface area contributed by atoms with E-state index in [1.807, 2.05) is 29.7 Å². The van der Waals surface area contributed by atoms with Gasteiger partial charge in [0.2, 0.25) is 0 Å². The van der Waals surface area contributed by atoms with E-state index in [9.17, 15) is 4.79 Å². The Kier molecular flexibility index (Phi) is 3.36. The summed E-state index contributed by atoms with van der Waals surface area (Å²) in [5.41, 5.74) is 1.54. The molecule has 22 heavy (non-hydrogen) atoms. The standard InChI is InChI=1S/C17H22N4O/c1-12-18-19-16-9-8-14(11-21(12)16)17(22)20-10-4-7-15(20)13-5-2-3-6-13/h8-9,11,13,15H,2-7,10H2,1H3/t15-/m1/s1. The van der Waals surface area contributed by atoms with Crippen LogP contribution in [0.4, 0.5) is 0 Å². The van der Waals surface area contributed by atoms with Crippen LogP contribution >= 0.6 is 0 Å². The van der Waals surface area contributed by atoms with Gasteiger partial charge in [-0.3, -0.25) is 9.20 Å². The number of hydrogen-bond acceptors (Lipinski definition) is 3. The van der Waals surface area contributed by atoms with Crippen molar-refractivity contribution < 1.29 is 4.79 Å². The molecule has 2 fully saturated rings. The highest BCUT2D eigenvalue weighted by Crippen LogP contribution is 2.36. The molecule has 2 aliphatic rings. The first-order chi connectivity index (χ1) is 10.7. The molecule has 1 saturated carbocycles. The van der Waals surface area contributed by atoms with Crippen LogP contribution < -0.4 is 0 Å². The summed E-state index contributed by atoms with van der Waals surface area (Å²) in [5, 5.41) is 8.14. The largest absolute Gasteiger partial charge is 0.335 e. The first kappa shape index (κ1) is 13.7. The number of carbonyl (C=O) groups is 1. The highest BCUT2D eigenvalue weighted by atomic mass is 16.2. The van der Waals surface area contributed by atoms with E-state index in [-0.39, 0.29) is 5.91 Å². The minimum Gasteiger partial charge on any atom is -0.335 e. The molecule has 0 bridgehead atoms. The van der Waals surface area contributed by atoms with Gasteiger partial charge < -0.3 is 4.90 Å². The summed E-state index contributed by atoms with van der Waals surface area (Å²) in [6.07, 6.45) is 9.43. The highest BCUT2D eigenvalue weighted by molar-refractivity contribution is 5.94. The van der Waals surface area contributed by atoms with Crippen molar-refractivity contribution in [3.63, 3.8) is 0 Å². The molecule has 0 N–H and O–H groups in total. The van der Waals surface area contributed by atoms with E-state index in [0.717, 1.165) is 30.0 Å². The van der Waals surface area contributed by atoms with Gasteiger partial charge in [0.15, 0.2) is 5.65 Å². The van der Waals surface area contributed by atoms with Crippen LogP contribution in [-0.2, 0) is 0 Å². The number of amides is 1. The molecule has 0 unspecified atom stereocenters. The lowest BCUT2D eigenvalue weighted by molar-refractivity contribution is 0.0688. The van der Waals surface area contributed by atoms with Crippen molar-refractivity contribution in [2.45, 2.75) is 51.5 Å². The zero-order valence-electron chi connectivity index (χ0n) is 13.0. The average Bonchev–Trinajstić information content (AvgIpc) is 3.26. The third kappa shape index (κ3) is 2.19. The number of pyridine rings is 1. The number of fused-ring (bicyclic) bond motifs is 1. The van der Waals surface area contributed by atoms with Gasteiger partial charge >= 0.3 is 0 Å². The van der Waals surface area contributed by atoms with Gasteiger partial charge in [-0.2, -0.15) is 0 Å². The Bertz CT molecular complexity index is 702. The van der Waals surface area contributed by atoms with Crippen LogP contribution in [-0.4, -0.2) is 38.0 Å². The van der Waals surface area contributed by atoms with Crippen molar-refractivity contribution in [1.82, 2.24) is 19.5 Å². The van der Waals surface area contributed by atoms with Gasteiger partial charge in [0.25, 0.3) is 5.91 Å². The molecular weight excluding hydrogens is 276 g/mol. The third-order valence-electron chi connectivity index (χ3n) is 5.32. The summed E-state index contributed by atoms with van der Waals surface area (Å²) < 4.78 is 1.90. The van der Waals surface area contributed by atoms with Crippen LogP contribution in [0.15, 0.2) is 18.3 Å². The van der Waals surface area contributed by atoms with E-state index in [1.54, 1.807) is 0 Å². The Balaban J connectivity index is 1.62.